The molecule has 28 heavy (non-hydrogen) atoms. The van der Waals surface area contributed by atoms with Crippen LogP contribution in [0.25, 0.3) is 0 Å². The molecule has 1 aromatic heterocycles. The Morgan fingerprint density at radius 3 is 2.82 bits per heavy atom. The van der Waals surface area contributed by atoms with Crippen LogP contribution in [0.1, 0.15) is 39.0 Å². The summed E-state index contributed by atoms with van der Waals surface area (Å²) in [6.45, 7) is 4.62. The highest BCUT2D eigenvalue weighted by Gasteiger charge is 2.29. The van der Waals surface area contributed by atoms with E-state index in [1.807, 2.05) is 29.2 Å². The van der Waals surface area contributed by atoms with E-state index in [1.54, 1.807) is 11.3 Å². The Bertz CT molecular complexity index is 870. The van der Waals surface area contributed by atoms with Crippen molar-refractivity contribution in [3.8, 4) is 0 Å². The predicted molar refractivity (Wildman–Crippen MR) is 111 cm³/mol. The number of benzene rings is 1. The number of carbonyl (C=O) groups excluding carboxylic acids is 2. The van der Waals surface area contributed by atoms with Gasteiger partial charge in [-0.1, -0.05) is 25.1 Å². The Hall–Kier alpha value is -2.18. The van der Waals surface area contributed by atoms with Gasteiger partial charge in [0, 0.05) is 29.6 Å². The number of hydrogen-bond donors (Lipinski definition) is 1. The van der Waals surface area contributed by atoms with Gasteiger partial charge in [0.05, 0.1) is 18.1 Å². The highest BCUT2D eigenvalue weighted by atomic mass is 32.1. The number of para-hydroxylation sites is 1. The third kappa shape index (κ3) is 3.98. The lowest BCUT2D eigenvalue weighted by Gasteiger charge is -2.26. The van der Waals surface area contributed by atoms with Crippen molar-refractivity contribution in [1.29, 1.82) is 0 Å². The summed E-state index contributed by atoms with van der Waals surface area (Å²) in [5.41, 5.74) is 3.23. The van der Waals surface area contributed by atoms with Crippen LogP contribution in [-0.4, -0.2) is 43.0 Å². The molecule has 1 aromatic carbocycles. The van der Waals surface area contributed by atoms with Gasteiger partial charge in [-0.25, -0.2) is 0 Å². The molecular formula is C22H26N2O3S. The van der Waals surface area contributed by atoms with E-state index in [0.29, 0.717) is 32.7 Å². The first-order valence-electron chi connectivity index (χ1n) is 10.0. The van der Waals surface area contributed by atoms with Crippen LogP contribution < -0.4 is 5.32 Å². The number of fused-ring (bicyclic) bond motifs is 1. The lowest BCUT2D eigenvalue weighted by molar-refractivity contribution is -0.120. The van der Waals surface area contributed by atoms with Gasteiger partial charge in [-0.05, 0) is 48.9 Å². The fourth-order valence-corrected chi connectivity index (χ4v) is 5.14. The maximum absolute atomic E-state index is 12.8. The molecule has 0 bridgehead atoms. The molecule has 2 aromatic rings. The zero-order valence-corrected chi connectivity index (χ0v) is 17.0. The Morgan fingerprint density at radius 1 is 1.25 bits per heavy atom. The lowest BCUT2D eigenvalue weighted by Crippen LogP contribution is -2.40. The van der Waals surface area contributed by atoms with Crippen molar-refractivity contribution in [2.24, 2.45) is 5.92 Å². The van der Waals surface area contributed by atoms with Crippen LogP contribution in [-0.2, 0) is 28.8 Å². The second-order valence-electron chi connectivity index (χ2n) is 7.40. The minimum absolute atomic E-state index is 0.0432. The number of amides is 2. The average Bonchev–Trinajstić information content (AvgIpc) is 3.17. The third-order valence-electron chi connectivity index (χ3n) is 5.62. The summed E-state index contributed by atoms with van der Waals surface area (Å²) >= 11 is 1.60. The molecule has 1 atom stereocenters. The summed E-state index contributed by atoms with van der Waals surface area (Å²) in [7, 11) is 0. The number of nitrogens with one attached hydrogen (secondary N) is 1. The van der Waals surface area contributed by atoms with E-state index >= 15 is 0 Å². The smallest absolute Gasteiger partial charge is 0.264 e. The van der Waals surface area contributed by atoms with Crippen molar-refractivity contribution in [2.75, 3.05) is 31.6 Å². The summed E-state index contributed by atoms with van der Waals surface area (Å²) in [6.07, 6.45) is 3.30. The number of anilines is 1. The van der Waals surface area contributed by atoms with Crippen LogP contribution in [0, 0.1) is 5.92 Å². The second kappa shape index (κ2) is 8.45. The van der Waals surface area contributed by atoms with Crippen molar-refractivity contribution in [3.63, 3.8) is 0 Å². The first kappa shape index (κ1) is 19.2. The van der Waals surface area contributed by atoms with Gasteiger partial charge in [-0.2, -0.15) is 0 Å². The number of rotatable bonds is 4. The van der Waals surface area contributed by atoms with Crippen LogP contribution in [0.15, 0.2) is 30.3 Å². The molecule has 6 heteroatoms. The Balaban J connectivity index is 1.43. The number of thiophene rings is 1. The van der Waals surface area contributed by atoms with E-state index in [9.17, 15) is 9.59 Å². The molecule has 0 spiro atoms. The van der Waals surface area contributed by atoms with Gasteiger partial charge in [0.2, 0.25) is 5.91 Å². The lowest BCUT2D eigenvalue weighted by atomic mass is 9.87. The fraction of sp³-hybridized carbons (Fsp3) is 0.455. The molecule has 1 aliphatic carbocycles. The van der Waals surface area contributed by atoms with Crippen molar-refractivity contribution in [2.45, 2.75) is 32.6 Å². The maximum atomic E-state index is 12.8. The van der Waals surface area contributed by atoms with Crippen LogP contribution >= 0.6 is 11.3 Å². The second-order valence-corrected chi connectivity index (χ2v) is 8.54. The summed E-state index contributed by atoms with van der Waals surface area (Å²) in [6, 6.07) is 9.98. The first-order valence-corrected chi connectivity index (χ1v) is 10.8. The number of nitrogens with zero attached hydrogens (tertiary/aromatic N) is 1. The molecule has 1 saturated heterocycles. The van der Waals surface area contributed by atoms with E-state index in [2.05, 4.69) is 18.3 Å². The van der Waals surface area contributed by atoms with Crippen molar-refractivity contribution in [1.82, 2.24) is 4.90 Å². The molecule has 1 aliphatic heterocycles. The normalized spacial score (nSPS) is 19.2. The SMILES string of the molecule is CCc1ccccc1NC(=O)[C@H]1CCc2sc(C(=O)N3CCOCC3)cc2C1. The van der Waals surface area contributed by atoms with Crippen molar-refractivity contribution < 1.29 is 14.3 Å². The maximum Gasteiger partial charge on any atom is 0.264 e. The molecule has 0 radical (unpaired) electrons. The molecule has 1 N–H and O–H groups in total. The average molecular weight is 399 g/mol. The molecule has 148 valence electrons. The van der Waals surface area contributed by atoms with Gasteiger partial charge >= 0.3 is 0 Å². The number of aryl methyl sites for hydroxylation is 2. The summed E-state index contributed by atoms with van der Waals surface area (Å²) in [5.74, 6) is 0.137. The van der Waals surface area contributed by atoms with Gasteiger partial charge in [0.1, 0.15) is 0 Å². The van der Waals surface area contributed by atoms with Crippen LogP contribution in [0.2, 0.25) is 0 Å². The van der Waals surface area contributed by atoms with Crippen LogP contribution in [0.3, 0.4) is 0 Å². The standard InChI is InChI=1S/C22H26N2O3S/c1-2-15-5-3-4-6-18(15)23-21(25)16-7-8-19-17(13-16)14-20(28-19)22(26)24-9-11-27-12-10-24/h3-6,14,16H,2,7-13H2,1H3,(H,23,25)/t16-/m0/s1. The molecular weight excluding hydrogens is 372 g/mol. The van der Waals surface area contributed by atoms with Crippen LogP contribution in [0.5, 0.6) is 0 Å². The molecule has 5 nitrogen and oxygen atoms in total. The molecule has 0 unspecified atom stereocenters. The molecule has 2 heterocycles. The van der Waals surface area contributed by atoms with E-state index in [4.69, 9.17) is 4.74 Å². The molecule has 4 rings (SSSR count). The molecule has 1 fully saturated rings. The van der Waals surface area contributed by atoms with E-state index in [1.165, 1.54) is 4.88 Å². The van der Waals surface area contributed by atoms with Crippen molar-refractivity contribution >= 4 is 28.8 Å². The van der Waals surface area contributed by atoms with Gasteiger partial charge in [-0.15, -0.1) is 11.3 Å². The highest BCUT2D eigenvalue weighted by molar-refractivity contribution is 7.14. The monoisotopic (exact) mass is 398 g/mol. The Labute approximate surface area is 169 Å². The summed E-state index contributed by atoms with van der Waals surface area (Å²) in [4.78, 5) is 29.5. The Morgan fingerprint density at radius 2 is 2.04 bits per heavy atom. The topological polar surface area (TPSA) is 58.6 Å². The minimum Gasteiger partial charge on any atom is -0.378 e. The fourth-order valence-electron chi connectivity index (χ4n) is 3.96. The summed E-state index contributed by atoms with van der Waals surface area (Å²) in [5, 5.41) is 3.12. The van der Waals surface area contributed by atoms with Gasteiger partial charge in [0.15, 0.2) is 0 Å². The van der Waals surface area contributed by atoms with E-state index in [0.717, 1.165) is 41.0 Å². The van der Waals surface area contributed by atoms with Gasteiger partial charge < -0.3 is 15.0 Å². The van der Waals surface area contributed by atoms with Crippen LogP contribution in [0.4, 0.5) is 5.69 Å². The number of morpholine rings is 1. The first-order chi connectivity index (χ1) is 13.7. The zero-order chi connectivity index (χ0) is 19.5. The number of carbonyl (C=O) groups is 2. The number of ether oxygens (including phenoxy) is 1. The quantitative estimate of drug-likeness (QED) is 0.857. The van der Waals surface area contributed by atoms with E-state index in [-0.39, 0.29) is 17.7 Å². The predicted octanol–water partition coefficient (Wildman–Crippen LogP) is 3.53. The summed E-state index contributed by atoms with van der Waals surface area (Å²) < 4.78 is 5.34. The molecule has 2 amide bonds. The highest BCUT2D eigenvalue weighted by Crippen LogP contribution is 2.34. The van der Waals surface area contributed by atoms with Gasteiger partial charge in [-0.3, -0.25) is 9.59 Å². The largest absolute Gasteiger partial charge is 0.378 e. The molecule has 2 aliphatic rings. The van der Waals surface area contributed by atoms with Gasteiger partial charge in [0.25, 0.3) is 5.91 Å². The van der Waals surface area contributed by atoms with E-state index < -0.39 is 0 Å². The Kier molecular flexibility index (Phi) is 5.78. The minimum atomic E-state index is -0.0432. The third-order valence-corrected chi connectivity index (χ3v) is 6.84. The zero-order valence-electron chi connectivity index (χ0n) is 16.2. The van der Waals surface area contributed by atoms with Crippen molar-refractivity contribution in [3.05, 3.63) is 51.2 Å². The molecule has 0 saturated carbocycles. The number of hydrogen-bond acceptors (Lipinski definition) is 4.